The van der Waals surface area contributed by atoms with E-state index in [0.29, 0.717) is 37.7 Å². The molecule has 1 fully saturated rings. The number of hydrogen-bond donors (Lipinski definition) is 2. The lowest BCUT2D eigenvalue weighted by molar-refractivity contribution is -0.123. The van der Waals surface area contributed by atoms with Crippen molar-refractivity contribution in [1.29, 1.82) is 0 Å². The molecule has 0 aliphatic carbocycles. The molecule has 1 aromatic carbocycles. The highest BCUT2D eigenvalue weighted by Gasteiger charge is 2.33. The van der Waals surface area contributed by atoms with Crippen LogP contribution in [0.1, 0.15) is 77.9 Å². The Morgan fingerprint density at radius 3 is 2.58 bits per heavy atom. The summed E-state index contributed by atoms with van der Waals surface area (Å²) in [4.78, 5) is 14.9. The standard InChI is InChI=1S/C25H40N2O5.CH4/c1-3-5-6-7-8-9-24(28)26-21(18-27-16-20(17-27)30-12-4-2)25(29)19-10-11-22-23(15-19)32-14-13-31-22;/h10-11,15,20-21,25,29H,3-9,12-14,16-18H2,1-2H3,(H,26,28);1H4/t21-,25-;/m1./s1. The third kappa shape index (κ3) is 8.47. The molecule has 7 nitrogen and oxygen atoms in total. The van der Waals surface area contributed by atoms with Crippen molar-refractivity contribution in [3.8, 4) is 11.5 Å². The third-order valence-electron chi connectivity index (χ3n) is 6.08. The first-order valence-corrected chi connectivity index (χ1v) is 12.3. The Morgan fingerprint density at radius 1 is 1.12 bits per heavy atom. The van der Waals surface area contributed by atoms with Crippen molar-refractivity contribution in [2.75, 3.05) is 39.5 Å². The monoisotopic (exact) mass is 464 g/mol. The summed E-state index contributed by atoms with van der Waals surface area (Å²) in [5.74, 6) is 1.34. The molecule has 2 heterocycles. The van der Waals surface area contributed by atoms with Crippen molar-refractivity contribution in [2.24, 2.45) is 0 Å². The fraction of sp³-hybridized carbons (Fsp3) is 0.731. The van der Waals surface area contributed by atoms with Crippen LogP contribution in [0.3, 0.4) is 0 Å². The van der Waals surface area contributed by atoms with Gasteiger partial charge in [0.25, 0.3) is 0 Å². The number of carbonyl (C=O) groups is 1. The summed E-state index contributed by atoms with van der Waals surface area (Å²) in [5.41, 5.74) is 0.724. The van der Waals surface area contributed by atoms with Gasteiger partial charge in [-0.1, -0.05) is 53.0 Å². The molecule has 0 unspecified atom stereocenters. The van der Waals surface area contributed by atoms with Gasteiger partial charge in [0.15, 0.2) is 11.5 Å². The molecule has 2 aliphatic heterocycles. The van der Waals surface area contributed by atoms with Crippen LogP contribution in [-0.4, -0.2) is 67.5 Å². The lowest BCUT2D eigenvalue weighted by Crippen LogP contribution is -2.57. The van der Waals surface area contributed by atoms with Gasteiger partial charge in [-0.2, -0.15) is 0 Å². The molecule has 0 aromatic heterocycles. The molecule has 7 heteroatoms. The van der Waals surface area contributed by atoms with E-state index in [9.17, 15) is 9.90 Å². The van der Waals surface area contributed by atoms with Gasteiger partial charge in [-0.15, -0.1) is 0 Å². The predicted molar refractivity (Wildman–Crippen MR) is 131 cm³/mol. The smallest absolute Gasteiger partial charge is 0.220 e. The van der Waals surface area contributed by atoms with Crippen molar-refractivity contribution in [3.63, 3.8) is 0 Å². The Morgan fingerprint density at radius 2 is 1.85 bits per heavy atom. The molecule has 0 spiro atoms. The van der Waals surface area contributed by atoms with Gasteiger partial charge >= 0.3 is 0 Å². The molecule has 188 valence electrons. The highest BCUT2D eigenvalue weighted by atomic mass is 16.6. The average Bonchev–Trinajstić information content (AvgIpc) is 2.78. The molecule has 2 N–H and O–H groups in total. The van der Waals surface area contributed by atoms with E-state index >= 15 is 0 Å². The van der Waals surface area contributed by atoms with Crippen LogP contribution in [0.4, 0.5) is 0 Å². The number of ether oxygens (including phenoxy) is 3. The van der Waals surface area contributed by atoms with E-state index in [0.717, 1.165) is 44.5 Å². The zero-order valence-electron chi connectivity index (χ0n) is 19.7. The summed E-state index contributed by atoms with van der Waals surface area (Å²) < 4.78 is 17.1. The number of nitrogens with zero attached hydrogens (tertiary/aromatic N) is 1. The number of likely N-dealkylation sites (tertiary alicyclic amines) is 1. The summed E-state index contributed by atoms with van der Waals surface area (Å²) in [6.45, 7) is 8.34. The average molecular weight is 465 g/mol. The molecule has 0 saturated carbocycles. The maximum atomic E-state index is 12.6. The summed E-state index contributed by atoms with van der Waals surface area (Å²) >= 11 is 0. The Kier molecular flexibility index (Phi) is 12.0. The summed E-state index contributed by atoms with van der Waals surface area (Å²) in [7, 11) is 0. The molecule has 2 atom stereocenters. The van der Waals surface area contributed by atoms with E-state index < -0.39 is 12.1 Å². The van der Waals surface area contributed by atoms with E-state index in [1.54, 1.807) is 0 Å². The first kappa shape index (κ1) is 27.4. The Labute approximate surface area is 199 Å². The fourth-order valence-corrected chi connectivity index (χ4v) is 4.21. The Hall–Kier alpha value is -1.83. The van der Waals surface area contributed by atoms with Crippen LogP contribution in [0, 0.1) is 0 Å². The highest BCUT2D eigenvalue weighted by Crippen LogP contribution is 2.33. The minimum absolute atomic E-state index is 0. The predicted octanol–water partition coefficient (Wildman–Crippen LogP) is 4.08. The van der Waals surface area contributed by atoms with E-state index in [1.165, 1.54) is 19.3 Å². The number of hydrogen-bond acceptors (Lipinski definition) is 6. The van der Waals surface area contributed by atoms with E-state index in [-0.39, 0.29) is 19.4 Å². The van der Waals surface area contributed by atoms with Crippen molar-refractivity contribution in [2.45, 2.75) is 84.5 Å². The molecule has 0 bridgehead atoms. The van der Waals surface area contributed by atoms with Crippen LogP contribution in [0.5, 0.6) is 11.5 Å². The van der Waals surface area contributed by atoms with Crippen LogP contribution in [0.15, 0.2) is 18.2 Å². The summed E-state index contributed by atoms with van der Waals surface area (Å²) in [5, 5.41) is 14.3. The van der Waals surface area contributed by atoms with E-state index in [1.807, 2.05) is 18.2 Å². The topological polar surface area (TPSA) is 80.3 Å². The first-order valence-electron chi connectivity index (χ1n) is 12.3. The minimum Gasteiger partial charge on any atom is -0.486 e. The molecule has 2 aliphatic rings. The van der Waals surface area contributed by atoms with Crippen molar-refractivity contribution in [3.05, 3.63) is 23.8 Å². The Bertz CT molecular complexity index is 708. The number of fused-ring (bicyclic) bond motifs is 1. The van der Waals surface area contributed by atoms with Crippen molar-refractivity contribution >= 4 is 5.91 Å². The normalized spacial score (nSPS) is 17.5. The van der Waals surface area contributed by atoms with Gasteiger partial charge < -0.3 is 24.6 Å². The second-order valence-electron chi connectivity index (χ2n) is 8.90. The molecular weight excluding hydrogens is 420 g/mol. The summed E-state index contributed by atoms with van der Waals surface area (Å²) in [6, 6.07) is 5.11. The van der Waals surface area contributed by atoms with Crippen molar-refractivity contribution in [1.82, 2.24) is 10.2 Å². The van der Waals surface area contributed by atoms with E-state index in [4.69, 9.17) is 14.2 Å². The van der Waals surface area contributed by atoms with Gasteiger partial charge in [-0.3, -0.25) is 9.69 Å². The molecule has 1 amide bonds. The lowest BCUT2D eigenvalue weighted by atomic mass is 9.99. The van der Waals surface area contributed by atoms with Gasteiger partial charge in [0.2, 0.25) is 5.91 Å². The molecule has 33 heavy (non-hydrogen) atoms. The molecule has 3 rings (SSSR count). The molecule has 0 radical (unpaired) electrons. The first-order chi connectivity index (χ1) is 15.6. The molecular formula is C26H44N2O5. The van der Waals surface area contributed by atoms with Crippen molar-refractivity contribution < 1.29 is 24.1 Å². The number of unbranched alkanes of at least 4 members (excludes halogenated alkanes) is 4. The SMILES string of the molecule is C.CCCCCCCC(=O)N[C@H](CN1CC(OCCC)C1)[C@H](O)c1ccc2c(c1)OCCO2. The number of nitrogens with one attached hydrogen (secondary N) is 1. The van der Waals surface area contributed by atoms with Crippen LogP contribution in [-0.2, 0) is 9.53 Å². The van der Waals surface area contributed by atoms with Crippen LogP contribution in [0.25, 0.3) is 0 Å². The second-order valence-corrected chi connectivity index (χ2v) is 8.90. The van der Waals surface area contributed by atoms with Gasteiger partial charge in [-0.05, 0) is 30.5 Å². The van der Waals surface area contributed by atoms with Crippen LogP contribution >= 0.6 is 0 Å². The molecule has 1 aromatic rings. The zero-order chi connectivity index (χ0) is 22.8. The lowest BCUT2D eigenvalue weighted by Gasteiger charge is -2.41. The summed E-state index contributed by atoms with van der Waals surface area (Å²) in [6.07, 6.45) is 6.45. The quantitative estimate of drug-likeness (QED) is 0.404. The fourth-order valence-electron chi connectivity index (χ4n) is 4.21. The number of amides is 1. The third-order valence-corrected chi connectivity index (χ3v) is 6.08. The van der Waals surface area contributed by atoms with E-state index in [2.05, 4.69) is 24.1 Å². The maximum Gasteiger partial charge on any atom is 0.220 e. The number of benzene rings is 1. The highest BCUT2D eigenvalue weighted by molar-refractivity contribution is 5.76. The maximum absolute atomic E-state index is 12.6. The van der Waals surface area contributed by atoms with Crippen LogP contribution in [0.2, 0.25) is 0 Å². The number of carbonyl (C=O) groups excluding carboxylic acids is 1. The number of rotatable bonds is 14. The minimum atomic E-state index is -0.828. The van der Waals surface area contributed by atoms with Gasteiger partial charge in [0, 0.05) is 32.7 Å². The Balaban J connectivity index is 0.00000385. The van der Waals surface area contributed by atoms with Gasteiger partial charge in [-0.25, -0.2) is 0 Å². The van der Waals surface area contributed by atoms with Crippen LogP contribution < -0.4 is 14.8 Å². The zero-order valence-corrected chi connectivity index (χ0v) is 19.7. The second kappa shape index (κ2) is 14.4. The van der Waals surface area contributed by atoms with Gasteiger partial charge in [0.1, 0.15) is 19.3 Å². The number of aliphatic hydroxyl groups excluding tert-OH is 1. The molecule has 1 saturated heterocycles. The number of aliphatic hydroxyl groups is 1. The van der Waals surface area contributed by atoms with Gasteiger partial charge in [0.05, 0.1) is 12.1 Å². The largest absolute Gasteiger partial charge is 0.486 e.